The monoisotopic (exact) mass is 377 g/mol. The summed E-state index contributed by atoms with van der Waals surface area (Å²) in [6.45, 7) is 10.5. The second-order valence-electron chi connectivity index (χ2n) is 8.05. The van der Waals surface area contributed by atoms with E-state index in [4.69, 9.17) is 9.72 Å². The first-order valence-electron chi connectivity index (χ1n) is 10.5. The molecule has 1 unspecified atom stereocenters. The Morgan fingerprint density at radius 1 is 1.04 bits per heavy atom. The van der Waals surface area contributed by atoms with Gasteiger partial charge in [-0.15, -0.1) is 0 Å². The Morgan fingerprint density at radius 3 is 2.50 bits per heavy atom. The number of hydrogen-bond acceptors (Lipinski definition) is 3. The Hall–Kier alpha value is -2.33. The lowest BCUT2D eigenvalue weighted by molar-refractivity contribution is 0.245. The van der Waals surface area contributed by atoms with Crippen LogP contribution in [0.2, 0.25) is 0 Å². The second kappa shape index (κ2) is 8.36. The quantitative estimate of drug-likeness (QED) is 0.525. The van der Waals surface area contributed by atoms with E-state index < -0.39 is 0 Å². The molecule has 28 heavy (non-hydrogen) atoms. The zero-order valence-corrected chi connectivity index (χ0v) is 17.3. The summed E-state index contributed by atoms with van der Waals surface area (Å²) in [5.41, 5.74) is 4.82. The maximum absolute atomic E-state index is 6.03. The van der Waals surface area contributed by atoms with Crippen molar-refractivity contribution < 1.29 is 4.74 Å². The molecule has 1 fully saturated rings. The molecule has 0 spiro atoms. The van der Waals surface area contributed by atoms with Crippen LogP contribution in [0.25, 0.3) is 11.0 Å². The summed E-state index contributed by atoms with van der Waals surface area (Å²) in [7, 11) is 0. The van der Waals surface area contributed by atoms with Crippen LogP contribution in [-0.2, 0) is 6.54 Å². The third-order valence-corrected chi connectivity index (χ3v) is 5.74. The number of hydrogen-bond donors (Lipinski definition) is 0. The number of benzene rings is 2. The van der Waals surface area contributed by atoms with Gasteiger partial charge in [0.15, 0.2) is 0 Å². The van der Waals surface area contributed by atoms with Gasteiger partial charge in [0, 0.05) is 6.54 Å². The molecule has 0 amide bonds. The van der Waals surface area contributed by atoms with Gasteiger partial charge in [0.25, 0.3) is 0 Å². The van der Waals surface area contributed by atoms with E-state index in [1.54, 1.807) is 0 Å². The van der Waals surface area contributed by atoms with Crippen LogP contribution in [0, 0.1) is 13.8 Å². The highest BCUT2D eigenvalue weighted by atomic mass is 16.5. The number of aryl methyl sites for hydroxylation is 3. The number of rotatable bonds is 7. The molecule has 2 heterocycles. The molecule has 3 aromatic rings. The molecule has 1 aliphatic rings. The van der Waals surface area contributed by atoms with Gasteiger partial charge in [-0.05, 0) is 88.5 Å². The lowest BCUT2D eigenvalue weighted by Gasteiger charge is -2.24. The third-order valence-electron chi connectivity index (χ3n) is 5.74. The molecule has 0 aliphatic carbocycles. The van der Waals surface area contributed by atoms with Crippen LogP contribution in [0.15, 0.2) is 42.5 Å². The molecule has 2 aromatic carbocycles. The fraction of sp³-hybridized carbons (Fsp3) is 0.458. The SMILES string of the molecule is Cc1cc(C)cc(OCCCn2c(C(C)N3CCCC3)nc3ccccc32)c1. The fourth-order valence-corrected chi connectivity index (χ4v) is 4.37. The van der Waals surface area contributed by atoms with E-state index in [9.17, 15) is 0 Å². The normalized spacial score (nSPS) is 16.0. The molecule has 1 aliphatic heterocycles. The van der Waals surface area contributed by atoms with Crippen molar-refractivity contribution in [1.29, 1.82) is 0 Å². The first-order valence-corrected chi connectivity index (χ1v) is 10.5. The van der Waals surface area contributed by atoms with E-state index >= 15 is 0 Å². The van der Waals surface area contributed by atoms with Gasteiger partial charge in [0.05, 0.1) is 23.7 Å². The molecule has 148 valence electrons. The van der Waals surface area contributed by atoms with Crippen molar-refractivity contribution in [1.82, 2.24) is 14.5 Å². The zero-order chi connectivity index (χ0) is 19.5. The summed E-state index contributed by atoms with van der Waals surface area (Å²) in [6.07, 6.45) is 3.57. The van der Waals surface area contributed by atoms with Crippen LogP contribution in [-0.4, -0.2) is 34.1 Å². The highest BCUT2D eigenvalue weighted by molar-refractivity contribution is 5.76. The van der Waals surface area contributed by atoms with Gasteiger partial charge in [-0.3, -0.25) is 4.90 Å². The van der Waals surface area contributed by atoms with Gasteiger partial charge in [0.1, 0.15) is 11.6 Å². The van der Waals surface area contributed by atoms with E-state index in [2.05, 4.69) is 72.7 Å². The van der Waals surface area contributed by atoms with Crippen molar-refractivity contribution in [2.75, 3.05) is 19.7 Å². The molecule has 4 rings (SSSR count). The van der Waals surface area contributed by atoms with Gasteiger partial charge in [-0.2, -0.15) is 0 Å². The molecule has 4 heteroatoms. The number of ether oxygens (including phenoxy) is 1. The van der Waals surface area contributed by atoms with Gasteiger partial charge < -0.3 is 9.30 Å². The zero-order valence-electron chi connectivity index (χ0n) is 17.3. The number of fused-ring (bicyclic) bond motifs is 1. The molecule has 1 atom stereocenters. The van der Waals surface area contributed by atoms with Crippen LogP contribution in [0.3, 0.4) is 0 Å². The van der Waals surface area contributed by atoms with Gasteiger partial charge in [-0.1, -0.05) is 18.2 Å². The Morgan fingerprint density at radius 2 is 1.75 bits per heavy atom. The minimum atomic E-state index is 0.357. The van der Waals surface area contributed by atoms with Gasteiger partial charge >= 0.3 is 0 Å². The Bertz CT molecular complexity index is 920. The summed E-state index contributed by atoms with van der Waals surface area (Å²) >= 11 is 0. The van der Waals surface area contributed by atoms with Crippen molar-refractivity contribution in [3.63, 3.8) is 0 Å². The average Bonchev–Trinajstić information content (AvgIpc) is 3.32. The smallest absolute Gasteiger partial charge is 0.127 e. The summed E-state index contributed by atoms with van der Waals surface area (Å²) in [5.74, 6) is 2.16. The number of aromatic nitrogens is 2. The molecule has 1 aromatic heterocycles. The maximum atomic E-state index is 6.03. The Balaban J connectivity index is 1.48. The highest BCUT2D eigenvalue weighted by Crippen LogP contribution is 2.27. The summed E-state index contributed by atoms with van der Waals surface area (Å²) < 4.78 is 8.44. The van der Waals surface area contributed by atoms with E-state index in [1.807, 2.05) is 0 Å². The minimum Gasteiger partial charge on any atom is -0.494 e. The Labute approximate surface area is 168 Å². The van der Waals surface area contributed by atoms with Crippen LogP contribution >= 0.6 is 0 Å². The molecule has 0 N–H and O–H groups in total. The molecule has 1 saturated heterocycles. The predicted molar refractivity (Wildman–Crippen MR) is 115 cm³/mol. The van der Waals surface area contributed by atoms with Crippen LogP contribution in [0.5, 0.6) is 5.75 Å². The average molecular weight is 378 g/mol. The molecular formula is C24H31N3O. The highest BCUT2D eigenvalue weighted by Gasteiger charge is 2.24. The van der Waals surface area contributed by atoms with E-state index in [0.29, 0.717) is 12.6 Å². The van der Waals surface area contributed by atoms with Gasteiger partial charge in [-0.25, -0.2) is 4.98 Å². The maximum Gasteiger partial charge on any atom is 0.127 e. The molecule has 4 nitrogen and oxygen atoms in total. The van der Waals surface area contributed by atoms with Crippen molar-refractivity contribution >= 4 is 11.0 Å². The lowest BCUT2D eigenvalue weighted by atomic mass is 10.1. The number of imidazole rings is 1. The van der Waals surface area contributed by atoms with Crippen LogP contribution in [0.4, 0.5) is 0 Å². The largest absolute Gasteiger partial charge is 0.494 e. The number of nitrogens with zero attached hydrogens (tertiary/aromatic N) is 3. The Kier molecular flexibility index (Phi) is 5.67. The third kappa shape index (κ3) is 4.07. The molecular weight excluding hydrogens is 346 g/mol. The van der Waals surface area contributed by atoms with Crippen molar-refractivity contribution in [2.45, 2.75) is 52.6 Å². The summed E-state index contributed by atoms with van der Waals surface area (Å²) in [5, 5.41) is 0. The molecule has 0 radical (unpaired) electrons. The molecule has 0 bridgehead atoms. The van der Waals surface area contributed by atoms with E-state index in [1.165, 1.54) is 48.4 Å². The predicted octanol–water partition coefficient (Wildman–Crippen LogP) is 5.28. The van der Waals surface area contributed by atoms with Crippen LogP contribution < -0.4 is 4.74 Å². The van der Waals surface area contributed by atoms with Crippen molar-refractivity contribution in [3.8, 4) is 5.75 Å². The fourth-order valence-electron chi connectivity index (χ4n) is 4.37. The summed E-state index contributed by atoms with van der Waals surface area (Å²) in [4.78, 5) is 7.56. The summed E-state index contributed by atoms with van der Waals surface area (Å²) in [6, 6.07) is 15.3. The number of para-hydroxylation sites is 2. The number of likely N-dealkylation sites (tertiary alicyclic amines) is 1. The van der Waals surface area contributed by atoms with Crippen molar-refractivity contribution in [2.24, 2.45) is 0 Å². The van der Waals surface area contributed by atoms with Gasteiger partial charge in [0.2, 0.25) is 0 Å². The van der Waals surface area contributed by atoms with E-state index in [-0.39, 0.29) is 0 Å². The first kappa shape index (κ1) is 19.0. The topological polar surface area (TPSA) is 30.3 Å². The lowest BCUT2D eigenvalue weighted by Crippen LogP contribution is -2.26. The second-order valence-corrected chi connectivity index (χ2v) is 8.05. The molecule has 0 saturated carbocycles. The first-order chi connectivity index (χ1) is 13.6. The van der Waals surface area contributed by atoms with E-state index in [0.717, 1.165) is 24.2 Å². The van der Waals surface area contributed by atoms with Crippen LogP contribution in [0.1, 0.15) is 49.2 Å². The minimum absolute atomic E-state index is 0.357. The van der Waals surface area contributed by atoms with Crippen molar-refractivity contribution in [3.05, 3.63) is 59.4 Å². The standard InChI is InChI=1S/C24H31N3O/c1-18-15-19(2)17-21(16-18)28-14-8-13-27-23-10-5-4-9-22(23)25-24(27)20(3)26-11-6-7-12-26/h4-5,9-10,15-17,20H,6-8,11-14H2,1-3H3.